The molecule has 0 aromatic carbocycles. The molecular weight excluding hydrogens is 258 g/mol. The Morgan fingerprint density at radius 3 is 2.56 bits per heavy atom. The van der Waals surface area contributed by atoms with Gasteiger partial charge in [0.1, 0.15) is 11.4 Å². The van der Waals surface area contributed by atoms with Crippen LogP contribution in [0.15, 0.2) is 17.3 Å². The number of rotatable bonds is 6. The van der Waals surface area contributed by atoms with E-state index in [-0.39, 0.29) is 17.4 Å². The molecule has 0 unspecified atom stereocenters. The summed E-state index contributed by atoms with van der Waals surface area (Å²) < 4.78 is 26.8. The number of carboxylic acids is 1. The van der Waals surface area contributed by atoms with Gasteiger partial charge in [0.05, 0.1) is 6.20 Å². The summed E-state index contributed by atoms with van der Waals surface area (Å²) in [6, 6.07) is 0. The molecule has 0 bridgehead atoms. The second-order valence-corrected chi connectivity index (χ2v) is 6.37. The molecule has 7 nitrogen and oxygen atoms in total. The molecule has 1 aromatic rings. The predicted octanol–water partition coefficient (Wildman–Crippen LogP) is 0.151. The quantitative estimate of drug-likeness (QED) is 0.798. The Labute approximate surface area is 106 Å². The number of carbonyl (C=O) groups is 1. The molecule has 0 aliphatic heterocycles. The highest BCUT2D eigenvalue weighted by Gasteiger charge is 2.28. The number of aromatic nitrogens is 2. The fourth-order valence-corrected chi connectivity index (χ4v) is 3.03. The topological polar surface area (TPSA) is 92.5 Å². The van der Waals surface area contributed by atoms with Crippen LogP contribution in [0.3, 0.4) is 0 Å². The van der Waals surface area contributed by atoms with E-state index in [0.717, 1.165) is 4.31 Å². The summed E-state index contributed by atoms with van der Waals surface area (Å²) in [6.07, 6.45) is 2.56. The maximum absolute atomic E-state index is 12.2. The number of carboxylic acid groups (broad SMARTS) is 1. The van der Waals surface area contributed by atoms with Crippen LogP contribution in [-0.4, -0.2) is 46.7 Å². The van der Waals surface area contributed by atoms with Gasteiger partial charge in [0.25, 0.3) is 0 Å². The average Bonchev–Trinajstić information content (AvgIpc) is 2.63. The van der Waals surface area contributed by atoms with Crippen molar-refractivity contribution < 1.29 is 18.3 Å². The van der Waals surface area contributed by atoms with E-state index in [4.69, 9.17) is 5.11 Å². The van der Waals surface area contributed by atoms with Crippen LogP contribution in [0.1, 0.15) is 13.8 Å². The normalized spacial score (nSPS) is 12.3. The molecule has 1 rings (SSSR count). The van der Waals surface area contributed by atoms with Crippen LogP contribution in [0, 0.1) is 5.92 Å². The largest absolute Gasteiger partial charge is 0.480 e. The zero-order valence-corrected chi connectivity index (χ0v) is 11.4. The van der Waals surface area contributed by atoms with Gasteiger partial charge in [0.15, 0.2) is 0 Å². The van der Waals surface area contributed by atoms with Crippen LogP contribution >= 0.6 is 0 Å². The molecular formula is C10H17N3O4S. The Morgan fingerprint density at radius 1 is 1.56 bits per heavy atom. The van der Waals surface area contributed by atoms with E-state index in [9.17, 15) is 13.2 Å². The van der Waals surface area contributed by atoms with E-state index in [1.165, 1.54) is 17.1 Å². The zero-order chi connectivity index (χ0) is 13.9. The standard InChI is InChI=1S/C10H17N3O4S/c1-8(2)5-13(7-10(14)15)18(16,17)9-4-11-12(3)6-9/h4,6,8H,5,7H2,1-3H3,(H,14,15). The first-order valence-electron chi connectivity index (χ1n) is 5.44. The molecule has 0 amide bonds. The Hall–Kier alpha value is -1.41. The van der Waals surface area contributed by atoms with Crippen LogP contribution in [0.25, 0.3) is 0 Å². The summed E-state index contributed by atoms with van der Waals surface area (Å²) in [5.41, 5.74) is 0. The monoisotopic (exact) mass is 275 g/mol. The summed E-state index contributed by atoms with van der Waals surface area (Å²) in [7, 11) is -2.20. The van der Waals surface area contributed by atoms with Crippen molar-refractivity contribution in [1.29, 1.82) is 0 Å². The molecule has 0 atom stereocenters. The third-order valence-corrected chi connectivity index (χ3v) is 3.96. The molecule has 0 radical (unpaired) electrons. The van der Waals surface area contributed by atoms with Gasteiger partial charge >= 0.3 is 5.97 Å². The van der Waals surface area contributed by atoms with Gasteiger partial charge in [-0.3, -0.25) is 9.48 Å². The van der Waals surface area contributed by atoms with Crippen LogP contribution in [0.4, 0.5) is 0 Å². The van der Waals surface area contributed by atoms with Crippen molar-refractivity contribution in [1.82, 2.24) is 14.1 Å². The van der Waals surface area contributed by atoms with Crippen molar-refractivity contribution in [3.05, 3.63) is 12.4 Å². The first kappa shape index (κ1) is 14.7. The first-order chi connectivity index (χ1) is 8.23. The van der Waals surface area contributed by atoms with Gasteiger partial charge in [-0.1, -0.05) is 13.8 Å². The molecule has 0 aliphatic carbocycles. The maximum Gasteiger partial charge on any atom is 0.318 e. The molecule has 1 heterocycles. The smallest absolute Gasteiger partial charge is 0.318 e. The minimum Gasteiger partial charge on any atom is -0.480 e. The van der Waals surface area contributed by atoms with E-state index in [0.29, 0.717) is 0 Å². The van der Waals surface area contributed by atoms with Crippen molar-refractivity contribution >= 4 is 16.0 Å². The first-order valence-corrected chi connectivity index (χ1v) is 6.88. The highest BCUT2D eigenvalue weighted by Crippen LogP contribution is 2.15. The highest BCUT2D eigenvalue weighted by atomic mass is 32.2. The lowest BCUT2D eigenvalue weighted by Gasteiger charge is -2.21. The molecule has 0 saturated carbocycles. The number of aryl methyl sites for hydroxylation is 1. The Kier molecular flexibility index (Phi) is 4.47. The maximum atomic E-state index is 12.2. The number of sulfonamides is 1. The molecule has 1 aromatic heterocycles. The minimum atomic E-state index is -3.80. The fourth-order valence-electron chi connectivity index (χ4n) is 1.49. The van der Waals surface area contributed by atoms with Gasteiger partial charge in [-0.05, 0) is 5.92 Å². The minimum absolute atomic E-state index is 0.00639. The zero-order valence-electron chi connectivity index (χ0n) is 10.6. The molecule has 1 N–H and O–H groups in total. The molecule has 8 heteroatoms. The lowest BCUT2D eigenvalue weighted by Crippen LogP contribution is -2.38. The van der Waals surface area contributed by atoms with Crippen molar-refractivity contribution in [2.75, 3.05) is 13.1 Å². The summed E-state index contributed by atoms with van der Waals surface area (Å²) >= 11 is 0. The highest BCUT2D eigenvalue weighted by molar-refractivity contribution is 7.89. The fraction of sp³-hybridized carbons (Fsp3) is 0.600. The number of aliphatic carboxylic acids is 1. The summed E-state index contributed by atoms with van der Waals surface area (Å²) in [5.74, 6) is -1.14. The van der Waals surface area contributed by atoms with Crippen LogP contribution in [-0.2, 0) is 21.9 Å². The Balaban J connectivity index is 3.06. The Morgan fingerprint density at radius 2 is 2.17 bits per heavy atom. The summed E-state index contributed by atoms with van der Waals surface area (Å²) in [6.45, 7) is 3.26. The van der Waals surface area contributed by atoms with Crippen molar-refractivity contribution in [2.24, 2.45) is 13.0 Å². The molecule has 0 aliphatic rings. The van der Waals surface area contributed by atoms with Crippen molar-refractivity contribution in [3.63, 3.8) is 0 Å². The third-order valence-electron chi connectivity index (χ3n) is 2.20. The van der Waals surface area contributed by atoms with Crippen LogP contribution in [0.2, 0.25) is 0 Å². The number of hydrogen-bond donors (Lipinski definition) is 1. The molecule has 0 spiro atoms. The van der Waals surface area contributed by atoms with E-state index in [1.54, 1.807) is 7.05 Å². The van der Waals surface area contributed by atoms with Gasteiger partial charge < -0.3 is 5.11 Å². The van der Waals surface area contributed by atoms with Gasteiger partial charge in [-0.2, -0.15) is 9.40 Å². The van der Waals surface area contributed by atoms with Gasteiger partial charge in [-0.15, -0.1) is 0 Å². The number of hydrogen-bond acceptors (Lipinski definition) is 4. The van der Waals surface area contributed by atoms with Crippen LogP contribution < -0.4 is 0 Å². The molecule has 102 valence electrons. The van der Waals surface area contributed by atoms with Crippen molar-refractivity contribution in [3.8, 4) is 0 Å². The van der Waals surface area contributed by atoms with Gasteiger partial charge in [0, 0.05) is 19.8 Å². The van der Waals surface area contributed by atoms with E-state index in [1.807, 2.05) is 13.8 Å². The predicted molar refractivity (Wildman–Crippen MR) is 64.4 cm³/mol. The van der Waals surface area contributed by atoms with Crippen molar-refractivity contribution in [2.45, 2.75) is 18.7 Å². The Bertz CT molecular complexity index is 521. The average molecular weight is 275 g/mol. The second kappa shape index (κ2) is 5.49. The van der Waals surface area contributed by atoms with E-state index >= 15 is 0 Å². The van der Waals surface area contributed by atoms with Crippen LogP contribution in [0.5, 0.6) is 0 Å². The molecule has 18 heavy (non-hydrogen) atoms. The SMILES string of the molecule is CC(C)CN(CC(=O)O)S(=O)(=O)c1cnn(C)c1. The second-order valence-electron chi connectivity index (χ2n) is 4.43. The lowest BCUT2D eigenvalue weighted by atomic mass is 10.2. The number of nitrogens with zero attached hydrogens (tertiary/aromatic N) is 3. The van der Waals surface area contributed by atoms with E-state index in [2.05, 4.69) is 5.10 Å². The third kappa shape index (κ3) is 3.54. The summed E-state index contributed by atoms with van der Waals surface area (Å²) in [4.78, 5) is 10.8. The summed E-state index contributed by atoms with van der Waals surface area (Å²) in [5, 5.41) is 12.6. The molecule has 0 fully saturated rings. The molecule has 0 saturated heterocycles. The lowest BCUT2D eigenvalue weighted by molar-refractivity contribution is -0.137. The van der Waals surface area contributed by atoms with E-state index < -0.39 is 22.5 Å². The van der Waals surface area contributed by atoms with Gasteiger partial charge in [0.2, 0.25) is 10.0 Å². The van der Waals surface area contributed by atoms with Gasteiger partial charge in [-0.25, -0.2) is 8.42 Å².